The summed E-state index contributed by atoms with van der Waals surface area (Å²) in [6.07, 6.45) is 1.74. The van der Waals surface area contributed by atoms with Crippen molar-refractivity contribution in [1.82, 2.24) is 10.1 Å². The Bertz CT molecular complexity index is 894. The van der Waals surface area contributed by atoms with E-state index >= 15 is 0 Å². The van der Waals surface area contributed by atoms with Gasteiger partial charge >= 0.3 is 0 Å². The van der Waals surface area contributed by atoms with E-state index in [1.54, 1.807) is 12.1 Å². The molecule has 8 heteroatoms. The Morgan fingerprint density at radius 2 is 2.21 bits per heavy atom. The first-order valence-corrected chi connectivity index (χ1v) is 7.62. The molecule has 0 saturated carbocycles. The normalized spacial score (nSPS) is 17.7. The van der Waals surface area contributed by atoms with Crippen LogP contribution in [-0.2, 0) is 4.79 Å². The lowest BCUT2D eigenvalue weighted by Crippen LogP contribution is -2.24. The van der Waals surface area contributed by atoms with Crippen molar-refractivity contribution >= 4 is 23.2 Å². The van der Waals surface area contributed by atoms with Gasteiger partial charge in [0.05, 0.1) is 17.0 Å². The van der Waals surface area contributed by atoms with Gasteiger partial charge in [-0.2, -0.15) is 4.98 Å². The summed E-state index contributed by atoms with van der Waals surface area (Å²) in [7, 11) is 0. The quantitative estimate of drug-likeness (QED) is 0.723. The van der Waals surface area contributed by atoms with Crippen molar-refractivity contribution in [1.29, 1.82) is 0 Å². The Balaban J connectivity index is 1.58. The summed E-state index contributed by atoms with van der Waals surface area (Å²) >= 11 is 6.04. The van der Waals surface area contributed by atoms with E-state index in [9.17, 15) is 9.18 Å². The molecule has 0 bridgehead atoms. The molecule has 1 aliphatic rings. The van der Waals surface area contributed by atoms with E-state index in [1.165, 1.54) is 29.4 Å². The van der Waals surface area contributed by atoms with Crippen LogP contribution in [0.4, 0.5) is 10.1 Å². The fourth-order valence-corrected chi connectivity index (χ4v) is 2.98. The number of benzene rings is 1. The molecule has 0 N–H and O–H groups in total. The average Bonchev–Trinajstić information content (AvgIpc) is 3.27. The first-order valence-electron chi connectivity index (χ1n) is 7.24. The standard InChI is InChI=1S/C16H11ClFN3O3/c17-11-7-10(18)3-4-12(11)21-8-9(6-14(21)22)15-19-16(24-20-15)13-2-1-5-23-13/h1-5,7,9H,6,8H2. The van der Waals surface area contributed by atoms with Crippen molar-refractivity contribution in [2.24, 2.45) is 0 Å². The molecule has 122 valence electrons. The molecular weight excluding hydrogens is 337 g/mol. The molecule has 0 spiro atoms. The first-order chi connectivity index (χ1) is 11.6. The third kappa shape index (κ3) is 2.56. The fourth-order valence-electron chi connectivity index (χ4n) is 2.71. The van der Waals surface area contributed by atoms with Gasteiger partial charge in [-0.25, -0.2) is 4.39 Å². The fraction of sp³-hybridized carbons (Fsp3) is 0.188. The number of furan rings is 1. The SMILES string of the molecule is O=C1CC(c2noc(-c3ccco3)n2)CN1c1ccc(F)cc1Cl. The smallest absolute Gasteiger partial charge is 0.293 e. The molecule has 0 radical (unpaired) electrons. The molecule has 0 aliphatic carbocycles. The summed E-state index contributed by atoms with van der Waals surface area (Å²) in [6.45, 7) is 0.349. The van der Waals surface area contributed by atoms with E-state index in [1.807, 2.05) is 0 Å². The summed E-state index contributed by atoms with van der Waals surface area (Å²) in [5, 5.41) is 4.12. The van der Waals surface area contributed by atoms with Crippen LogP contribution in [0.5, 0.6) is 0 Å². The molecule has 3 aromatic rings. The summed E-state index contributed by atoms with van der Waals surface area (Å²) in [5.41, 5.74) is 0.473. The maximum Gasteiger partial charge on any atom is 0.293 e. The second-order valence-corrected chi connectivity index (χ2v) is 5.84. The van der Waals surface area contributed by atoms with Gasteiger partial charge in [-0.1, -0.05) is 16.8 Å². The number of hydrogen-bond acceptors (Lipinski definition) is 5. The molecule has 1 fully saturated rings. The van der Waals surface area contributed by atoms with Crippen molar-refractivity contribution in [3.05, 3.63) is 53.3 Å². The first kappa shape index (κ1) is 14.9. The molecule has 1 saturated heterocycles. The zero-order valence-corrected chi connectivity index (χ0v) is 13.0. The highest BCUT2D eigenvalue weighted by atomic mass is 35.5. The minimum atomic E-state index is -0.451. The van der Waals surface area contributed by atoms with E-state index in [0.717, 1.165) is 0 Å². The second kappa shape index (κ2) is 5.76. The predicted octanol–water partition coefficient (Wildman–Crippen LogP) is 3.64. The molecule has 6 nitrogen and oxygen atoms in total. The van der Waals surface area contributed by atoms with Gasteiger partial charge in [-0.15, -0.1) is 0 Å². The summed E-state index contributed by atoms with van der Waals surface area (Å²) < 4.78 is 23.6. The summed E-state index contributed by atoms with van der Waals surface area (Å²) in [6, 6.07) is 7.37. The van der Waals surface area contributed by atoms with E-state index in [2.05, 4.69) is 10.1 Å². The Hall–Kier alpha value is -2.67. The Morgan fingerprint density at radius 1 is 1.33 bits per heavy atom. The number of amides is 1. The van der Waals surface area contributed by atoms with Crippen molar-refractivity contribution < 1.29 is 18.1 Å². The molecule has 1 aliphatic heterocycles. The number of rotatable bonds is 3. The topological polar surface area (TPSA) is 72.4 Å². The zero-order chi connectivity index (χ0) is 16.7. The number of halogens is 2. The average molecular weight is 348 g/mol. The third-order valence-corrected chi connectivity index (χ3v) is 4.17. The Labute approximate surface area is 140 Å². The van der Waals surface area contributed by atoms with Crippen molar-refractivity contribution in [3.63, 3.8) is 0 Å². The molecular formula is C16H11ClFN3O3. The number of anilines is 1. The number of carbonyl (C=O) groups is 1. The molecule has 4 rings (SSSR count). The van der Waals surface area contributed by atoms with Crippen LogP contribution in [0, 0.1) is 5.82 Å². The zero-order valence-electron chi connectivity index (χ0n) is 12.3. The Kier molecular flexibility index (Phi) is 3.57. The molecule has 1 unspecified atom stereocenters. The van der Waals surface area contributed by atoms with Gasteiger partial charge in [0.1, 0.15) is 5.82 Å². The van der Waals surface area contributed by atoms with Crippen LogP contribution >= 0.6 is 11.6 Å². The van der Waals surface area contributed by atoms with Crippen LogP contribution in [0.15, 0.2) is 45.5 Å². The summed E-state index contributed by atoms with van der Waals surface area (Å²) in [4.78, 5) is 18.1. The lowest BCUT2D eigenvalue weighted by atomic mass is 10.1. The molecule has 2 aromatic heterocycles. The van der Waals surface area contributed by atoms with Gasteiger partial charge in [0.15, 0.2) is 11.6 Å². The second-order valence-electron chi connectivity index (χ2n) is 5.44. The van der Waals surface area contributed by atoms with Crippen LogP contribution in [0.3, 0.4) is 0 Å². The molecule has 1 aromatic carbocycles. The minimum absolute atomic E-state index is 0.127. The van der Waals surface area contributed by atoms with Gasteiger partial charge in [-0.05, 0) is 30.3 Å². The van der Waals surface area contributed by atoms with E-state index < -0.39 is 5.82 Å². The number of carbonyl (C=O) groups excluding carboxylic acids is 1. The molecule has 1 atom stereocenters. The maximum atomic E-state index is 13.2. The van der Waals surface area contributed by atoms with Crippen LogP contribution in [0.1, 0.15) is 18.2 Å². The predicted molar refractivity (Wildman–Crippen MR) is 83.1 cm³/mol. The van der Waals surface area contributed by atoms with E-state index in [4.69, 9.17) is 20.5 Å². The van der Waals surface area contributed by atoms with Gasteiger partial charge in [-0.3, -0.25) is 4.79 Å². The lowest BCUT2D eigenvalue weighted by molar-refractivity contribution is -0.117. The van der Waals surface area contributed by atoms with Crippen molar-refractivity contribution in [3.8, 4) is 11.7 Å². The number of hydrogen-bond donors (Lipinski definition) is 0. The highest BCUT2D eigenvalue weighted by Gasteiger charge is 2.35. The highest BCUT2D eigenvalue weighted by molar-refractivity contribution is 6.33. The van der Waals surface area contributed by atoms with Gasteiger partial charge < -0.3 is 13.8 Å². The largest absolute Gasteiger partial charge is 0.459 e. The Morgan fingerprint density at radius 3 is 2.96 bits per heavy atom. The minimum Gasteiger partial charge on any atom is -0.459 e. The van der Waals surface area contributed by atoms with E-state index in [0.29, 0.717) is 23.8 Å². The lowest BCUT2D eigenvalue weighted by Gasteiger charge is -2.17. The van der Waals surface area contributed by atoms with Gasteiger partial charge in [0, 0.05) is 18.9 Å². The number of nitrogens with zero attached hydrogens (tertiary/aromatic N) is 3. The monoisotopic (exact) mass is 347 g/mol. The van der Waals surface area contributed by atoms with Crippen LogP contribution in [0.2, 0.25) is 5.02 Å². The van der Waals surface area contributed by atoms with Gasteiger partial charge in [0.2, 0.25) is 5.91 Å². The molecule has 3 heterocycles. The third-order valence-electron chi connectivity index (χ3n) is 3.86. The van der Waals surface area contributed by atoms with Gasteiger partial charge in [0.25, 0.3) is 5.89 Å². The summed E-state index contributed by atoms with van der Waals surface area (Å²) in [5.74, 6) is 0.352. The van der Waals surface area contributed by atoms with Crippen LogP contribution in [0.25, 0.3) is 11.7 Å². The maximum absolute atomic E-state index is 13.2. The van der Waals surface area contributed by atoms with E-state index in [-0.39, 0.29) is 29.2 Å². The molecule has 1 amide bonds. The van der Waals surface area contributed by atoms with Crippen molar-refractivity contribution in [2.45, 2.75) is 12.3 Å². The highest BCUT2D eigenvalue weighted by Crippen LogP contribution is 2.35. The number of aromatic nitrogens is 2. The van der Waals surface area contributed by atoms with Crippen molar-refractivity contribution in [2.75, 3.05) is 11.4 Å². The molecule has 24 heavy (non-hydrogen) atoms. The van der Waals surface area contributed by atoms with Crippen LogP contribution < -0.4 is 4.90 Å². The van der Waals surface area contributed by atoms with Crippen LogP contribution in [-0.4, -0.2) is 22.6 Å².